The topological polar surface area (TPSA) is 67.9 Å². The number of ether oxygens (including phenoxy) is 1. The standard InChI is InChI=1S/C26H28N6O2/c1-18-23-17-28-32(22-7-8-24(27-16-22)30-11-13-34-14-12-30)26(33)31(23)19(2)25(18)20-5-3-6-21(15-20)29-9-4-10-29/h3,5-8,15-17H,4,9-14H2,1-2H3. The summed E-state index contributed by atoms with van der Waals surface area (Å²) in [5.74, 6) is 0.888. The zero-order chi connectivity index (χ0) is 23.2. The molecule has 0 amide bonds. The van der Waals surface area contributed by atoms with Crippen LogP contribution in [0.3, 0.4) is 0 Å². The zero-order valence-electron chi connectivity index (χ0n) is 19.6. The fourth-order valence-corrected chi connectivity index (χ4v) is 5.04. The second kappa shape index (κ2) is 8.29. The number of hydrogen-bond donors (Lipinski definition) is 0. The van der Waals surface area contributed by atoms with Crippen LogP contribution in [0.1, 0.15) is 17.7 Å². The molecule has 8 heteroatoms. The summed E-state index contributed by atoms with van der Waals surface area (Å²) in [7, 11) is 0. The van der Waals surface area contributed by atoms with E-state index in [4.69, 9.17) is 4.74 Å². The van der Waals surface area contributed by atoms with Gasteiger partial charge in [0.25, 0.3) is 0 Å². The SMILES string of the molecule is Cc1c(-c2cccc(N3CCC3)c2)c(C)n2c(=O)n(-c3ccc(N4CCOCC4)nc3)ncc12. The molecule has 0 bridgehead atoms. The molecule has 1 aromatic carbocycles. The highest BCUT2D eigenvalue weighted by Gasteiger charge is 2.20. The molecular formula is C26H28N6O2. The van der Waals surface area contributed by atoms with Crippen LogP contribution in [0, 0.1) is 13.8 Å². The maximum Gasteiger partial charge on any atom is 0.354 e. The van der Waals surface area contributed by atoms with E-state index < -0.39 is 0 Å². The number of morpholine rings is 1. The molecule has 2 aliphatic rings. The smallest absolute Gasteiger partial charge is 0.354 e. The molecule has 5 heterocycles. The third-order valence-electron chi connectivity index (χ3n) is 7.03. The van der Waals surface area contributed by atoms with Crippen LogP contribution in [0.2, 0.25) is 0 Å². The van der Waals surface area contributed by atoms with Gasteiger partial charge in [-0.05, 0) is 55.7 Å². The van der Waals surface area contributed by atoms with E-state index in [0.717, 1.165) is 59.9 Å². The second-order valence-electron chi connectivity index (χ2n) is 9.01. The van der Waals surface area contributed by atoms with Crippen LogP contribution in [0.15, 0.2) is 53.6 Å². The Labute approximate surface area is 198 Å². The summed E-state index contributed by atoms with van der Waals surface area (Å²) < 4.78 is 8.62. The number of pyridine rings is 1. The quantitative estimate of drug-likeness (QED) is 0.470. The zero-order valence-corrected chi connectivity index (χ0v) is 19.6. The van der Waals surface area contributed by atoms with E-state index in [0.29, 0.717) is 18.9 Å². The van der Waals surface area contributed by atoms with E-state index in [1.165, 1.54) is 16.8 Å². The summed E-state index contributed by atoms with van der Waals surface area (Å²) in [5, 5.41) is 4.50. The van der Waals surface area contributed by atoms with Gasteiger partial charge in [-0.1, -0.05) is 12.1 Å². The number of aromatic nitrogens is 4. The number of rotatable bonds is 4. The van der Waals surface area contributed by atoms with Crippen molar-refractivity contribution in [1.82, 2.24) is 19.2 Å². The molecule has 6 rings (SSSR count). The van der Waals surface area contributed by atoms with Gasteiger partial charge in [-0.3, -0.25) is 4.40 Å². The van der Waals surface area contributed by atoms with Gasteiger partial charge >= 0.3 is 5.69 Å². The summed E-state index contributed by atoms with van der Waals surface area (Å²) in [5.41, 5.74) is 6.74. The largest absolute Gasteiger partial charge is 0.378 e. The molecule has 0 N–H and O–H groups in total. The molecule has 0 atom stereocenters. The first-order valence-electron chi connectivity index (χ1n) is 11.9. The van der Waals surface area contributed by atoms with Crippen LogP contribution < -0.4 is 15.5 Å². The van der Waals surface area contributed by atoms with Gasteiger partial charge in [-0.2, -0.15) is 9.78 Å². The highest BCUT2D eigenvalue weighted by atomic mass is 16.5. The number of benzene rings is 1. The Morgan fingerprint density at radius 1 is 0.912 bits per heavy atom. The molecule has 2 fully saturated rings. The van der Waals surface area contributed by atoms with Crippen molar-refractivity contribution in [3.63, 3.8) is 0 Å². The van der Waals surface area contributed by atoms with Gasteiger partial charge in [0.2, 0.25) is 0 Å². The monoisotopic (exact) mass is 456 g/mol. The Hall–Kier alpha value is -3.65. The Morgan fingerprint density at radius 3 is 2.44 bits per heavy atom. The lowest BCUT2D eigenvalue weighted by atomic mass is 10.0. The lowest BCUT2D eigenvalue weighted by Gasteiger charge is -2.33. The summed E-state index contributed by atoms with van der Waals surface area (Å²) >= 11 is 0. The van der Waals surface area contributed by atoms with Crippen molar-refractivity contribution >= 4 is 17.0 Å². The Morgan fingerprint density at radius 2 is 1.74 bits per heavy atom. The maximum absolute atomic E-state index is 13.6. The van der Waals surface area contributed by atoms with Crippen molar-refractivity contribution in [2.45, 2.75) is 20.3 Å². The van der Waals surface area contributed by atoms with Crippen LogP contribution in [-0.2, 0) is 4.74 Å². The van der Waals surface area contributed by atoms with E-state index in [1.807, 2.05) is 19.1 Å². The van der Waals surface area contributed by atoms with E-state index in [-0.39, 0.29) is 5.69 Å². The Bertz CT molecular complexity index is 1410. The lowest BCUT2D eigenvalue weighted by Crippen LogP contribution is -2.36. The highest BCUT2D eigenvalue weighted by molar-refractivity contribution is 5.80. The fraction of sp³-hybridized carbons (Fsp3) is 0.346. The average molecular weight is 457 g/mol. The number of hydrogen-bond acceptors (Lipinski definition) is 6. The van der Waals surface area contributed by atoms with E-state index in [1.54, 1.807) is 16.8 Å². The van der Waals surface area contributed by atoms with Gasteiger partial charge in [-0.15, -0.1) is 0 Å². The van der Waals surface area contributed by atoms with Gasteiger partial charge < -0.3 is 14.5 Å². The molecule has 0 saturated carbocycles. The third-order valence-corrected chi connectivity index (χ3v) is 7.03. The van der Waals surface area contributed by atoms with Crippen molar-refractivity contribution in [3.8, 4) is 16.8 Å². The minimum absolute atomic E-state index is 0.191. The predicted octanol–water partition coefficient (Wildman–Crippen LogP) is 3.21. The van der Waals surface area contributed by atoms with Gasteiger partial charge in [0.05, 0.1) is 36.8 Å². The van der Waals surface area contributed by atoms with Crippen LogP contribution in [-0.4, -0.2) is 58.6 Å². The first-order valence-corrected chi connectivity index (χ1v) is 11.9. The van der Waals surface area contributed by atoms with Gasteiger partial charge in [0.1, 0.15) is 5.82 Å². The fourth-order valence-electron chi connectivity index (χ4n) is 5.04. The molecule has 0 aliphatic carbocycles. The summed E-state index contributed by atoms with van der Waals surface area (Å²) in [6.45, 7) is 9.33. The Balaban J connectivity index is 1.40. The van der Waals surface area contributed by atoms with Gasteiger partial charge in [-0.25, -0.2) is 9.78 Å². The molecule has 2 aliphatic heterocycles. The maximum atomic E-state index is 13.6. The summed E-state index contributed by atoms with van der Waals surface area (Å²) in [6.07, 6.45) is 4.74. The van der Waals surface area contributed by atoms with Crippen molar-refractivity contribution in [1.29, 1.82) is 0 Å². The molecule has 0 unspecified atom stereocenters. The van der Waals surface area contributed by atoms with Crippen molar-refractivity contribution in [3.05, 3.63) is 70.5 Å². The number of anilines is 2. The molecule has 174 valence electrons. The van der Waals surface area contributed by atoms with Crippen LogP contribution >= 0.6 is 0 Å². The van der Waals surface area contributed by atoms with Gasteiger partial charge in [0, 0.05) is 43.1 Å². The summed E-state index contributed by atoms with van der Waals surface area (Å²) in [6, 6.07) is 12.5. The normalized spacial score (nSPS) is 16.2. The summed E-state index contributed by atoms with van der Waals surface area (Å²) in [4.78, 5) is 22.7. The number of aryl methyl sites for hydroxylation is 2. The van der Waals surface area contributed by atoms with Crippen LogP contribution in [0.5, 0.6) is 0 Å². The number of fused-ring (bicyclic) bond motifs is 1. The van der Waals surface area contributed by atoms with Crippen LogP contribution in [0.25, 0.3) is 22.3 Å². The van der Waals surface area contributed by atoms with Crippen molar-refractivity contribution < 1.29 is 4.74 Å². The average Bonchev–Trinajstić information content (AvgIpc) is 3.09. The van der Waals surface area contributed by atoms with Crippen molar-refractivity contribution in [2.24, 2.45) is 0 Å². The number of nitrogens with zero attached hydrogens (tertiary/aromatic N) is 6. The first-order chi connectivity index (χ1) is 16.6. The molecule has 0 radical (unpaired) electrons. The van der Waals surface area contributed by atoms with Crippen molar-refractivity contribution in [2.75, 3.05) is 49.2 Å². The predicted molar refractivity (Wildman–Crippen MR) is 133 cm³/mol. The van der Waals surface area contributed by atoms with Crippen LogP contribution in [0.4, 0.5) is 11.5 Å². The molecule has 2 saturated heterocycles. The first kappa shape index (κ1) is 20.9. The minimum atomic E-state index is -0.191. The molecule has 0 spiro atoms. The second-order valence-corrected chi connectivity index (χ2v) is 9.01. The minimum Gasteiger partial charge on any atom is -0.378 e. The third kappa shape index (κ3) is 3.37. The molecule has 3 aromatic heterocycles. The van der Waals surface area contributed by atoms with E-state index in [2.05, 4.69) is 51.1 Å². The molecule has 4 aromatic rings. The highest BCUT2D eigenvalue weighted by Crippen LogP contribution is 2.34. The molecule has 34 heavy (non-hydrogen) atoms. The lowest BCUT2D eigenvalue weighted by molar-refractivity contribution is 0.122. The van der Waals surface area contributed by atoms with Gasteiger partial charge in [0.15, 0.2) is 0 Å². The van der Waals surface area contributed by atoms with E-state index in [9.17, 15) is 4.79 Å². The Kier molecular flexibility index (Phi) is 5.10. The molecular weight excluding hydrogens is 428 g/mol. The van der Waals surface area contributed by atoms with E-state index >= 15 is 0 Å². The molecule has 8 nitrogen and oxygen atoms in total.